The molecule has 64 valence electrons. The van der Waals surface area contributed by atoms with Gasteiger partial charge in [0.15, 0.2) is 0 Å². The van der Waals surface area contributed by atoms with Crippen LogP contribution in [-0.2, 0) is 0 Å². The number of fused-ring (bicyclic) bond motifs is 2. The summed E-state index contributed by atoms with van der Waals surface area (Å²) in [6.45, 7) is 2.22. The summed E-state index contributed by atoms with van der Waals surface area (Å²) in [6, 6.07) is 6.68. The minimum atomic E-state index is 1.38. The van der Waals surface area contributed by atoms with Gasteiger partial charge in [0.1, 0.15) is 0 Å². The fourth-order valence-corrected chi connectivity index (χ4v) is 3.60. The average Bonchev–Trinajstić information content (AvgIpc) is 2.71. The summed E-state index contributed by atoms with van der Waals surface area (Å²) in [5.74, 6) is 0. The highest BCUT2D eigenvalue weighted by atomic mass is 32.1. The average molecular weight is 204 g/mol. The highest BCUT2D eigenvalue weighted by Crippen LogP contribution is 2.34. The number of aryl methyl sites for hydroxylation is 1. The van der Waals surface area contributed by atoms with Gasteiger partial charge >= 0.3 is 0 Å². The van der Waals surface area contributed by atoms with E-state index in [-0.39, 0.29) is 0 Å². The maximum Gasteiger partial charge on any atom is 0.0386 e. The molecule has 0 aliphatic carbocycles. The topological polar surface area (TPSA) is 0 Å². The van der Waals surface area contributed by atoms with Crippen molar-refractivity contribution in [1.82, 2.24) is 0 Å². The number of rotatable bonds is 0. The van der Waals surface area contributed by atoms with Crippen molar-refractivity contribution in [2.75, 3.05) is 0 Å². The predicted molar refractivity (Wildman–Crippen MR) is 61.9 cm³/mol. The lowest BCUT2D eigenvalue weighted by Gasteiger charge is -1.97. The highest BCUT2D eigenvalue weighted by molar-refractivity contribution is 7.19. The molecule has 0 spiro atoms. The summed E-state index contributed by atoms with van der Waals surface area (Å²) in [7, 11) is 0. The van der Waals surface area contributed by atoms with E-state index < -0.39 is 0 Å². The van der Waals surface area contributed by atoms with Crippen molar-refractivity contribution in [2.24, 2.45) is 0 Å². The first-order valence-corrected chi connectivity index (χ1v) is 5.96. The number of benzene rings is 1. The van der Waals surface area contributed by atoms with Gasteiger partial charge in [0.05, 0.1) is 0 Å². The molecule has 0 nitrogen and oxygen atoms in total. The largest absolute Gasteiger partial charge is 0.143 e. The Balaban J connectivity index is 2.67. The molecule has 0 N–H and O–H groups in total. The normalized spacial score (nSPS) is 11.5. The minimum absolute atomic E-state index is 1.38. The molecular weight excluding hydrogens is 196 g/mol. The van der Waals surface area contributed by atoms with Gasteiger partial charge in [-0.15, -0.1) is 22.7 Å². The Bertz CT molecular complexity index is 523. The fourth-order valence-electron chi connectivity index (χ4n) is 1.75. The van der Waals surface area contributed by atoms with Crippen LogP contribution < -0.4 is 0 Å². The number of thiophene rings is 2. The van der Waals surface area contributed by atoms with Crippen molar-refractivity contribution in [3.63, 3.8) is 0 Å². The van der Waals surface area contributed by atoms with E-state index in [1.54, 1.807) is 0 Å². The van der Waals surface area contributed by atoms with E-state index in [0.29, 0.717) is 0 Å². The van der Waals surface area contributed by atoms with Crippen molar-refractivity contribution >= 4 is 42.8 Å². The third-order valence-corrected chi connectivity index (χ3v) is 4.48. The standard InChI is InChI=1S/C11H8S2/c1-7-10-8(2-4-12-10)6-9-3-5-13-11(7)9/h2-6H,1H3. The Kier molecular flexibility index (Phi) is 1.49. The van der Waals surface area contributed by atoms with E-state index in [9.17, 15) is 0 Å². The first-order chi connectivity index (χ1) is 6.36. The van der Waals surface area contributed by atoms with Crippen molar-refractivity contribution in [1.29, 1.82) is 0 Å². The Hall–Kier alpha value is -0.860. The van der Waals surface area contributed by atoms with Gasteiger partial charge in [-0.2, -0.15) is 0 Å². The number of hydrogen-bond acceptors (Lipinski definition) is 2. The maximum absolute atomic E-state index is 2.28. The maximum atomic E-state index is 2.28. The van der Waals surface area contributed by atoms with Gasteiger partial charge in [-0.1, -0.05) is 0 Å². The second-order valence-corrected chi connectivity index (χ2v) is 5.01. The van der Waals surface area contributed by atoms with E-state index in [1.165, 1.54) is 25.7 Å². The van der Waals surface area contributed by atoms with Gasteiger partial charge in [0.25, 0.3) is 0 Å². The molecule has 0 saturated heterocycles. The molecule has 2 heteroatoms. The molecule has 3 rings (SSSR count). The van der Waals surface area contributed by atoms with E-state index in [2.05, 4.69) is 35.9 Å². The van der Waals surface area contributed by atoms with Gasteiger partial charge in [0, 0.05) is 9.40 Å². The second-order valence-electron chi connectivity index (χ2n) is 3.18. The van der Waals surface area contributed by atoms with Crippen LogP contribution in [0.3, 0.4) is 0 Å². The summed E-state index contributed by atoms with van der Waals surface area (Å²) in [4.78, 5) is 0. The predicted octanol–water partition coefficient (Wildman–Crippen LogP) is 4.42. The molecule has 13 heavy (non-hydrogen) atoms. The van der Waals surface area contributed by atoms with Crippen LogP contribution in [0.15, 0.2) is 29.0 Å². The van der Waals surface area contributed by atoms with E-state index in [1.807, 2.05) is 22.7 Å². The molecule has 0 aliphatic rings. The summed E-state index contributed by atoms with van der Waals surface area (Å²) in [5.41, 5.74) is 1.44. The van der Waals surface area contributed by atoms with Crippen LogP contribution in [-0.4, -0.2) is 0 Å². The van der Waals surface area contributed by atoms with Crippen LogP contribution in [0.25, 0.3) is 20.2 Å². The van der Waals surface area contributed by atoms with Crippen molar-refractivity contribution in [3.05, 3.63) is 34.5 Å². The lowest BCUT2D eigenvalue weighted by Crippen LogP contribution is -1.72. The Morgan fingerprint density at radius 1 is 0.923 bits per heavy atom. The molecule has 3 aromatic rings. The first-order valence-electron chi connectivity index (χ1n) is 4.20. The Morgan fingerprint density at radius 3 is 2.00 bits per heavy atom. The zero-order valence-corrected chi connectivity index (χ0v) is 8.84. The molecular formula is C11H8S2. The lowest BCUT2D eigenvalue weighted by atomic mass is 10.1. The summed E-state index contributed by atoms with van der Waals surface area (Å²) in [5, 5.41) is 7.10. The number of hydrogen-bond donors (Lipinski definition) is 0. The molecule has 0 bridgehead atoms. The molecule has 1 aromatic carbocycles. The SMILES string of the molecule is Cc1c2sccc2cc2ccsc12. The van der Waals surface area contributed by atoms with Crippen LogP contribution in [0.2, 0.25) is 0 Å². The van der Waals surface area contributed by atoms with Crippen LogP contribution in [0.4, 0.5) is 0 Å². The fraction of sp³-hybridized carbons (Fsp3) is 0.0909. The summed E-state index contributed by atoms with van der Waals surface area (Å²) >= 11 is 3.68. The van der Waals surface area contributed by atoms with Gasteiger partial charge in [-0.05, 0) is 52.2 Å². The Labute approximate surface area is 84.4 Å². The van der Waals surface area contributed by atoms with Gasteiger partial charge < -0.3 is 0 Å². The van der Waals surface area contributed by atoms with Crippen LogP contribution in [0.5, 0.6) is 0 Å². The summed E-state index contributed by atoms with van der Waals surface area (Å²) < 4.78 is 2.88. The van der Waals surface area contributed by atoms with Gasteiger partial charge in [-0.3, -0.25) is 0 Å². The summed E-state index contributed by atoms with van der Waals surface area (Å²) in [6.07, 6.45) is 0. The first kappa shape index (κ1) is 7.54. The quantitative estimate of drug-likeness (QED) is 0.508. The van der Waals surface area contributed by atoms with Crippen LogP contribution in [0.1, 0.15) is 5.56 Å². The van der Waals surface area contributed by atoms with Crippen molar-refractivity contribution in [3.8, 4) is 0 Å². The molecule has 0 unspecified atom stereocenters. The van der Waals surface area contributed by atoms with Gasteiger partial charge in [-0.25, -0.2) is 0 Å². The van der Waals surface area contributed by atoms with E-state index in [0.717, 1.165) is 0 Å². The Morgan fingerprint density at radius 2 is 1.46 bits per heavy atom. The van der Waals surface area contributed by atoms with Crippen molar-refractivity contribution < 1.29 is 0 Å². The van der Waals surface area contributed by atoms with E-state index >= 15 is 0 Å². The van der Waals surface area contributed by atoms with Crippen molar-refractivity contribution in [2.45, 2.75) is 6.92 Å². The lowest BCUT2D eigenvalue weighted by molar-refractivity contribution is 1.65. The molecule has 0 fully saturated rings. The third-order valence-electron chi connectivity index (χ3n) is 2.38. The highest BCUT2D eigenvalue weighted by Gasteiger charge is 2.04. The molecule has 2 aromatic heterocycles. The molecule has 2 heterocycles. The molecule has 0 amide bonds. The van der Waals surface area contributed by atoms with E-state index in [4.69, 9.17) is 0 Å². The second kappa shape index (κ2) is 2.56. The molecule has 0 radical (unpaired) electrons. The third kappa shape index (κ3) is 0.960. The van der Waals surface area contributed by atoms with Gasteiger partial charge in [0.2, 0.25) is 0 Å². The van der Waals surface area contributed by atoms with Crippen LogP contribution >= 0.6 is 22.7 Å². The zero-order valence-electron chi connectivity index (χ0n) is 7.20. The molecule has 0 aliphatic heterocycles. The minimum Gasteiger partial charge on any atom is -0.143 e. The molecule has 0 atom stereocenters. The zero-order chi connectivity index (χ0) is 8.84. The van der Waals surface area contributed by atoms with Crippen LogP contribution in [0, 0.1) is 6.92 Å². The molecule has 0 saturated carbocycles. The smallest absolute Gasteiger partial charge is 0.0386 e. The monoisotopic (exact) mass is 204 g/mol.